The van der Waals surface area contributed by atoms with Gasteiger partial charge >= 0.3 is 0 Å². The summed E-state index contributed by atoms with van der Waals surface area (Å²) in [5.74, 6) is -0.896. The molecular formula is C23H19FN4O2. The van der Waals surface area contributed by atoms with Crippen LogP contribution in [-0.4, -0.2) is 39.5 Å². The van der Waals surface area contributed by atoms with Crippen molar-refractivity contribution in [3.63, 3.8) is 0 Å². The van der Waals surface area contributed by atoms with Crippen LogP contribution in [0.4, 0.5) is 4.39 Å². The van der Waals surface area contributed by atoms with Gasteiger partial charge in [-0.15, -0.1) is 0 Å². The predicted molar refractivity (Wildman–Crippen MR) is 107 cm³/mol. The second-order valence-corrected chi connectivity index (χ2v) is 7.24. The third-order valence-corrected chi connectivity index (χ3v) is 5.31. The Morgan fingerprint density at radius 1 is 1.13 bits per heavy atom. The number of amides is 1. The lowest BCUT2D eigenvalue weighted by Gasteiger charge is -2.17. The number of rotatable bonds is 5. The molecule has 1 aliphatic heterocycles. The monoisotopic (exact) mass is 402 g/mol. The number of ketones is 1. The van der Waals surface area contributed by atoms with E-state index in [1.54, 1.807) is 59.6 Å². The molecule has 0 aliphatic carbocycles. The van der Waals surface area contributed by atoms with Gasteiger partial charge in [0, 0.05) is 25.2 Å². The molecule has 0 N–H and O–H groups in total. The average molecular weight is 402 g/mol. The van der Waals surface area contributed by atoms with Gasteiger partial charge in [-0.05, 0) is 36.8 Å². The quantitative estimate of drug-likeness (QED) is 0.657. The number of Topliss-reactive ketones (excluding diaryl/α,β-unsaturated/α-hetero) is 1. The highest BCUT2D eigenvalue weighted by Crippen LogP contribution is 2.22. The average Bonchev–Trinajstić information content (AvgIpc) is 3.43. The Morgan fingerprint density at radius 3 is 2.70 bits per heavy atom. The number of carbonyl (C=O) groups excluding carboxylic acids is 2. The molecule has 1 saturated heterocycles. The van der Waals surface area contributed by atoms with Crippen molar-refractivity contribution in [2.45, 2.75) is 12.8 Å². The van der Waals surface area contributed by atoms with Crippen molar-refractivity contribution in [1.82, 2.24) is 14.7 Å². The third kappa shape index (κ3) is 3.85. The highest BCUT2D eigenvalue weighted by molar-refractivity contribution is 5.97. The van der Waals surface area contributed by atoms with Crippen molar-refractivity contribution in [1.29, 1.82) is 5.26 Å². The maximum absolute atomic E-state index is 13.9. The molecule has 30 heavy (non-hydrogen) atoms. The zero-order valence-corrected chi connectivity index (χ0v) is 16.2. The van der Waals surface area contributed by atoms with Crippen LogP contribution in [0.1, 0.15) is 28.0 Å². The Hall–Kier alpha value is -3.79. The summed E-state index contributed by atoms with van der Waals surface area (Å²) in [4.78, 5) is 27.1. The van der Waals surface area contributed by atoms with E-state index in [2.05, 4.69) is 5.10 Å². The molecule has 7 heteroatoms. The van der Waals surface area contributed by atoms with E-state index in [0.717, 1.165) is 0 Å². The van der Waals surface area contributed by atoms with Crippen molar-refractivity contribution in [3.8, 4) is 11.8 Å². The van der Waals surface area contributed by atoms with Crippen molar-refractivity contribution >= 4 is 11.7 Å². The first-order chi connectivity index (χ1) is 14.6. The number of hydrogen-bond acceptors (Lipinski definition) is 4. The fraction of sp³-hybridized carbons (Fsp3) is 0.217. The van der Waals surface area contributed by atoms with Gasteiger partial charge in [-0.1, -0.05) is 24.3 Å². The molecule has 2 heterocycles. The topological polar surface area (TPSA) is 79.0 Å². The maximum atomic E-state index is 13.9. The van der Waals surface area contributed by atoms with Crippen LogP contribution in [0.25, 0.3) is 5.69 Å². The number of benzene rings is 2. The van der Waals surface area contributed by atoms with Gasteiger partial charge in [0.2, 0.25) is 0 Å². The van der Waals surface area contributed by atoms with E-state index in [-0.39, 0.29) is 29.8 Å². The van der Waals surface area contributed by atoms with E-state index < -0.39 is 0 Å². The summed E-state index contributed by atoms with van der Waals surface area (Å²) in [7, 11) is 0. The lowest BCUT2D eigenvalue weighted by molar-refractivity contribution is -0.121. The van der Waals surface area contributed by atoms with Crippen LogP contribution in [0.3, 0.4) is 0 Å². The number of nitriles is 1. The van der Waals surface area contributed by atoms with Crippen LogP contribution >= 0.6 is 0 Å². The Balaban J connectivity index is 1.41. The van der Waals surface area contributed by atoms with Gasteiger partial charge in [0.05, 0.1) is 29.3 Å². The summed E-state index contributed by atoms with van der Waals surface area (Å²) >= 11 is 0. The van der Waals surface area contributed by atoms with Crippen molar-refractivity contribution in [3.05, 3.63) is 83.4 Å². The highest BCUT2D eigenvalue weighted by atomic mass is 19.1. The molecule has 0 bridgehead atoms. The summed E-state index contributed by atoms with van der Waals surface area (Å²) < 4.78 is 15.3. The Bertz CT molecular complexity index is 1150. The summed E-state index contributed by atoms with van der Waals surface area (Å²) in [6.07, 6.45) is 2.33. The number of nitrogens with zero attached hydrogens (tertiary/aromatic N) is 4. The Kier molecular flexibility index (Phi) is 5.40. The van der Waals surface area contributed by atoms with E-state index in [9.17, 15) is 19.2 Å². The minimum atomic E-state index is -0.388. The normalized spacial score (nSPS) is 15.7. The molecule has 1 aliphatic rings. The molecule has 1 amide bonds. The van der Waals surface area contributed by atoms with Crippen LogP contribution in [0.2, 0.25) is 0 Å². The minimum absolute atomic E-state index is 0.00217. The zero-order valence-electron chi connectivity index (χ0n) is 16.2. The van der Waals surface area contributed by atoms with Gasteiger partial charge < -0.3 is 4.90 Å². The molecule has 1 fully saturated rings. The molecule has 0 radical (unpaired) electrons. The molecule has 4 rings (SSSR count). The van der Waals surface area contributed by atoms with E-state index in [4.69, 9.17) is 0 Å². The SMILES string of the molecule is N#Cc1ccccc1C(=O)N1CC[C@@H](C(=O)Cc2ccn(-c3ccccc3F)n2)C1. The lowest BCUT2D eigenvalue weighted by Crippen LogP contribution is -2.30. The van der Waals surface area contributed by atoms with Crippen LogP contribution in [0.5, 0.6) is 0 Å². The fourth-order valence-corrected chi connectivity index (χ4v) is 3.70. The van der Waals surface area contributed by atoms with Gasteiger partial charge in [0.25, 0.3) is 5.91 Å². The lowest BCUT2D eigenvalue weighted by atomic mass is 10.00. The van der Waals surface area contributed by atoms with Crippen molar-refractivity contribution < 1.29 is 14.0 Å². The third-order valence-electron chi connectivity index (χ3n) is 5.31. The van der Waals surface area contributed by atoms with E-state index in [0.29, 0.717) is 42.0 Å². The molecule has 2 aromatic carbocycles. The molecule has 1 aromatic heterocycles. The number of hydrogen-bond donors (Lipinski definition) is 0. The second kappa shape index (κ2) is 8.29. The molecule has 1 atom stereocenters. The maximum Gasteiger partial charge on any atom is 0.255 e. The first kappa shape index (κ1) is 19.5. The molecule has 6 nitrogen and oxygen atoms in total. The largest absolute Gasteiger partial charge is 0.338 e. The molecule has 0 unspecified atom stereocenters. The molecule has 3 aromatic rings. The standard InChI is InChI=1S/C23H19FN4O2/c24-20-7-3-4-8-21(20)28-12-10-18(26-28)13-22(29)17-9-11-27(15-17)23(30)19-6-2-1-5-16(19)14-25/h1-8,10,12,17H,9,11,13,15H2/t17-/m1/s1. The first-order valence-electron chi connectivity index (χ1n) is 9.67. The van der Waals surface area contributed by atoms with Crippen LogP contribution in [0, 0.1) is 23.1 Å². The van der Waals surface area contributed by atoms with Crippen molar-refractivity contribution in [2.75, 3.05) is 13.1 Å². The second-order valence-electron chi connectivity index (χ2n) is 7.24. The fourth-order valence-electron chi connectivity index (χ4n) is 3.70. The number of carbonyl (C=O) groups is 2. The van der Waals surface area contributed by atoms with E-state index in [1.807, 2.05) is 6.07 Å². The summed E-state index contributed by atoms with van der Waals surface area (Å²) in [6, 6.07) is 16.7. The Labute approximate surface area is 173 Å². The van der Waals surface area contributed by atoms with Crippen LogP contribution in [0.15, 0.2) is 60.8 Å². The number of halogens is 1. The van der Waals surface area contributed by atoms with E-state index in [1.165, 1.54) is 10.7 Å². The number of para-hydroxylation sites is 1. The summed E-state index contributed by atoms with van der Waals surface area (Å²) in [5, 5.41) is 13.5. The van der Waals surface area contributed by atoms with Gasteiger partial charge in [0.15, 0.2) is 0 Å². The zero-order chi connectivity index (χ0) is 21.1. The highest BCUT2D eigenvalue weighted by Gasteiger charge is 2.32. The smallest absolute Gasteiger partial charge is 0.255 e. The van der Waals surface area contributed by atoms with Crippen molar-refractivity contribution in [2.24, 2.45) is 5.92 Å². The first-order valence-corrected chi connectivity index (χ1v) is 9.67. The summed E-state index contributed by atoms with van der Waals surface area (Å²) in [5.41, 5.74) is 1.57. The molecule has 0 spiro atoms. The molecule has 0 saturated carbocycles. The molecular weight excluding hydrogens is 383 g/mol. The number of aromatic nitrogens is 2. The minimum Gasteiger partial charge on any atom is -0.338 e. The van der Waals surface area contributed by atoms with E-state index >= 15 is 0 Å². The summed E-state index contributed by atoms with van der Waals surface area (Å²) in [6.45, 7) is 0.796. The number of likely N-dealkylation sites (tertiary alicyclic amines) is 1. The van der Waals surface area contributed by atoms with Gasteiger partial charge in [0.1, 0.15) is 17.3 Å². The molecule has 150 valence electrons. The van der Waals surface area contributed by atoms with Gasteiger partial charge in [-0.25, -0.2) is 9.07 Å². The Morgan fingerprint density at radius 2 is 1.90 bits per heavy atom. The predicted octanol–water partition coefficient (Wildman–Crippen LogP) is 3.16. The van der Waals surface area contributed by atoms with Crippen LogP contribution < -0.4 is 0 Å². The van der Waals surface area contributed by atoms with Gasteiger partial charge in [-0.2, -0.15) is 10.4 Å². The van der Waals surface area contributed by atoms with Gasteiger partial charge in [-0.3, -0.25) is 9.59 Å². The van der Waals surface area contributed by atoms with Crippen LogP contribution in [-0.2, 0) is 11.2 Å².